The molecule has 0 saturated carbocycles. The Bertz CT molecular complexity index is 459. The van der Waals surface area contributed by atoms with Crippen molar-refractivity contribution >= 4 is 5.69 Å². The zero-order chi connectivity index (χ0) is 15.5. The van der Waals surface area contributed by atoms with Gasteiger partial charge in [-0.1, -0.05) is 33.3 Å². The zero-order valence-electron chi connectivity index (χ0n) is 14.3. The van der Waals surface area contributed by atoms with Gasteiger partial charge in [-0.05, 0) is 61.3 Å². The van der Waals surface area contributed by atoms with E-state index >= 15 is 0 Å². The lowest BCUT2D eigenvalue weighted by molar-refractivity contribution is 0.238. The molecular formula is C19H32N2. The van der Waals surface area contributed by atoms with Crippen molar-refractivity contribution in [2.45, 2.75) is 65.8 Å². The molecule has 21 heavy (non-hydrogen) atoms. The van der Waals surface area contributed by atoms with Gasteiger partial charge in [-0.25, -0.2) is 0 Å². The van der Waals surface area contributed by atoms with E-state index in [1.807, 2.05) is 0 Å². The minimum absolute atomic E-state index is 0.287. The minimum atomic E-state index is 0.287. The summed E-state index contributed by atoms with van der Waals surface area (Å²) < 4.78 is 0. The first-order valence-corrected chi connectivity index (χ1v) is 8.57. The molecule has 1 aromatic rings. The van der Waals surface area contributed by atoms with Crippen molar-refractivity contribution in [2.75, 3.05) is 18.0 Å². The van der Waals surface area contributed by atoms with E-state index in [0.717, 1.165) is 12.8 Å². The summed E-state index contributed by atoms with van der Waals surface area (Å²) in [4.78, 5) is 2.55. The maximum atomic E-state index is 6.09. The van der Waals surface area contributed by atoms with Gasteiger partial charge in [0.05, 0.1) is 0 Å². The fraction of sp³-hybridized carbons (Fsp3) is 0.684. The van der Waals surface area contributed by atoms with Gasteiger partial charge in [0.2, 0.25) is 0 Å². The number of rotatable bonds is 5. The van der Waals surface area contributed by atoms with E-state index in [1.165, 1.54) is 49.2 Å². The van der Waals surface area contributed by atoms with Gasteiger partial charge < -0.3 is 10.6 Å². The van der Waals surface area contributed by atoms with Crippen LogP contribution in [-0.4, -0.2) is 19.1 Å². The Balaban J connectivity index is 2.04. The molecule has 1 aliphatic rings. The summed E-state index contributed by atoms with van der Waals surface area (Å²) in [6, 6.07) is 7.22. The van der Waals surface area contributed by atoms with Gasteiger partial charge in [0.1, 0.15) is 0 Å². The van der Waals surface area contributed by atoms with Crippen LogP contribution in [0.3, 0.4) is 0 Å². The van der Waals surface area contributed by atoms with Crippen LogP contribution in [0.2, 0.25) is 0 Å². The molecule has 1 heterocycles. The van der Waals surface area contributed by atoms with Gasteiger partial charge >= 0.3 is 0 Å². The van der Waals surface area contributed by atoms with Crippen LogP contribution in [0.4, 0.5) is 5.69 Å². The van der Waals surface area contributed by atoms with E-state index in [1.54, 1.807) is 0 Å². The SMILES string of the molecule is CCC(N)Cc1ccc(N2CCC(C)(CC)CC2)cc1C. The number of piperidine rings is 1. The van der Waals surface area contributed by atoms with E-state index in [4.69, 9.17) is 5.73 Å². The Hall–Kier alpha value is -1.02. The summed E-state index contributed by atoms with van der Waals surface area (Å²) in [5.41, 5.74) is 10.8. The number of aryl methyl sites for hydroxylation is 1. The average molecular weight is 288 g/mol. The lowest BCUT2D eigenvalue weighted by Gasteiger charge is -2.40. The van der Waals surface area contributed by atoms with Crippen molar-refractivity contribution in [2.24, 2.45) is 11.1 Å². The molecule has 1 unspecified atom stereocenters. The number of nitrogens with zero attached hydrogens (tertiary/aromatic N) is 1. The molecule has 1 saturated heterocycles. The monoisotopic (exact) mass is 288 g/mol. The average Bonchev–Trinajstić information content (AvgIpc) is 2.50. The third-order valence-electron chi connectivity index (χ3n) is 5.52. The fourth-order valence-corrected chi connectivity index (χ4v) is 3.19. The molecule has 1 aromatic carbocycles. The summed E-state index contributed by atoms with van der Waals surface area (Å²) in [7, 11) is 0. The molecule has 0 bridgehead atoms. The van der Waals surface area contributed by atoms with Gasteiger partial charge in [-0.15, -0.1) is 0 Å². The molecule has 0 spiro atoms. The van der Waals surface area contributed by atoms with Crippen LogP contribution in [0.5, 0.6) is 0 Å². The number of anilines is 1. The first-order valence-electron chi connectivity index (χ1n) is 8.57. The van der Waals surface area contributed by atoms with Gasteiger partial charge in [-0.3, -0.25) is 0 Å². The quantitative estimate of drug-likeness (QED) is 0.875. The van der Waals surface area contributed by atoms with Crippen molar-refractivity contribution in [3.63, 3.8) is 0 Å². The van der Waals surface area contributed by atoms with E-state index in [-0.39, 0.29) is 6.04 Å². The molecule has 2 N–H and O–H groups in total. The van der Waals surface area contributed by atoms with E-state index in [9.17, 15) is 0 Å². The molecule has 0 aromatic heterocycles. The first-order chi connectivity index (χ1) is 9.97. The molecule has 0 radical (unpaired) electrons. The number of nitrogens with two attached hydrogens (primary N) is 1. The van der Waals surface area contributed by atoms with Crippen LogP contribution in [0.1, 0.15) is 57.6 Å². The van der Waals surface area contributed by atoms with Crippen LogP contribution in [0, 0.1) is 12.3 Å². The second kappa shape index (κ2) is 6.83. The third-order valence-corrected chi connectivity index (χ3v) is 5.52. The highest BCUT2D eigenvalue weighted by atomic mass is 15.1. The fourth-order valence-electron chi connectivity index (χ4n) is 3.19. The molecule has 118 valence electrons. The molecular weight excluding hydrogens is 256 g/mol. The topological polar surface area (TPSA) is 29.3 Å². The Kier molecular flexibility index (Phi) is 5.32. The predicted octanol–water partition coefficient (Wildman–Crippen LogP) is 4.29. The summed E-state index contributed by atoms with van der Waals surface area (Å²) in [6.45, 7) is 11.5. The molecule has 1 atom stereocenters. The van der Waals surface area contributed by atoms with Crippen LogP contribution in [-0.2, 0) is 6.42 Å². The van der Waals surface area contributed by atoms with Crippen molar-refractivity contribution in [1.82, 2.24) is 0 Å². The molecule has 1 aliphatic heterocycles. The van der Waals surface area contributed by atoms with Crippen LogP contribution < -0.4 is 10.6 Å². The number of hydrogen-bond acceptors (Lipinski definition) is 2. The van der Waals surface area contributed by atoms with E-state index < -0.39 is 0 Å². The van der Waals surface area contributed by atoms with Crippen molar-refractivity contribution in [3.8, 4) is 0 Å². The van der Waals surface area contributed by atoms with Gasteiger partial charge in [0.15, 0.2) is 0 Å². The Labute approximate surface area is 130 Å². The minimum Gasteiger partial charge on any atom is -0.371 e. The lowest BCUT2D eigenvalue weighted by atomic mass is 9.78. The van der Waals surface area contributed by atoms with Gasteiger partial charge in [0, 0.05) is 24.8 Å². The molecule has 0 aliphatic carbocycles. The Morgan fingerprint density at radius 3 is 2.43 bits per heavy atom. The summed E-state index contributed by atoms with van der Waals surface area (Å²) in [6.07, 6.45) is 5.96. The maximum absolute atomic E-state index is 6.09. The third kappa shape index (κ3) is 4.00. The largest absolute Gasteiger partial charge is 0.371 e. The van der Waals surface area contributed by atoms with Crippen molar-refractivity contribution in [1.29, 1.82) is 0 Å². The predicted molar refractivity (Wildman–Crippen MR) is 93.0 cm³/mol. The molecule has 0 amide bonds. The Morgan fingerprint density at radius 1 is 1.24 bits per heavy atom. The van der Waals surface area contributed by atoms with Gasteiger partial charge in [-0.2, -0.15) is 0 Å². The lowest BCUT2D eigenvalue weighted by Crippen LogP contribution is -2.38. The van der Waals surface area contributed by atoms with Crippen LogP contribution in [0.15, 0.2) is 18.2 Å². The van der Waals surface area contributed by atoms with E-state index in [0.29, 0.717) is 5.41 Å². The first kappa shape index (κ1) is 16.4. The van der Waals surface area contributed by atoms with Crippen molar-refractivity contribution in [3.05, 3.63) is 29.3 Å². The summed E-state index contributed by atoms with van der Waals surface area (Å²) in [5, 5.41) is 0. The number of hydrogen-bond donors (Lipinski definition) is 1. The molecule has 2 nitrogen and oxygen atoms in total. The van der Waals surface area contributed by atoms with Gasteiger partial charge in [0.25, 0.3) is 0 Å². The second-order valence-corrected chi connectivity index (χ2v) is 7.13. The highest BCUT2D eigenvalue weighted by Crippen LogP contribution is 2.35. The normalized spacial score (nSPS) is 19.6. The highest BCUT2D eigenvalue weighted by Gasteiger charge is 2.28. The number of benzene rings is 1. The summed E-state index contributed by atoms with van der Waals surface area (Å²) in [5.74, 6) is 0. The Morgan fingerprint density at radius 2 is 1.90 bits per heavy atom. The second-order valence-electron chi connectivity index (χ2n) is 7.13. The molecule has 1 fully saturated rings. The standard InChI is InChI=1S/C19H32N2/c1-5-17(20)14-16-7-8-18(13-15(16)3)21-11-9-19(4,6-2)10-12-21/h7-8,13,17H,5-6,9-12,14,20H2,1-4H3. The highest BCUT2D eigenvalue weighted by molar-refractivity contribution is 5.51. The van der Waals surface area contributed by atoms with Crippen molar-refractivity contribution < 1.29 is 0 Å². The molecule has 2 heteroatoms. The van der Waals surface area contributed by atoms with Crippen LogP contribution in [0.25, 0.3) is 0 Å². The summed E-state index contributed by atoms with van der Waals surface area (Å²) >= 11 is 0. The smallest absolute Gasteiger partial charge is 0.0369 e. The van der Waals surface area contributed by atoms with Crippen LogP contribution >= 0.6 is 0 Å². The zero-order valence-corrected chi connectivity index (χ0v) is 14.3. The molecule has 2 rings (SSSR count). The van der Waals surface area contributed by atoms with E-state index in [2.05, 4.69) is 50.8 Å². The maximum Gasteiger partial charge on any atom is 0.0369 e.